The molecule has 16 heavy (non-hydrogen) atoms. The van der Waals surface area contributed by atoms with Gasteiger partial charge in [-0.25, -0.2) is 0 Å². The highest BCUT2D eigenvalue weighted by molar-refractivity contribution is 5.35. The van der Waals surface area contributed by atoms with E-state index < -0.39 is 0 Å². The first-order valence-electron chi connectivity index (χ1n) is 6.07. The molecule has 1 aliphatic rings. The van der Waals surface area contributed by atoms with E-state index in [9.17, 15) is 0 Å². The molecule has 0 spiro atoms. The van der Waals surface area contributed by atoms with Crippen molar-refractivity contribution in [3.8, 4) is 5.75 Å². The van der Waals surface area contributed by atoms with Gasteiger partial charge in [0.1, 0.15) is 12.4 Å². The van der Waals surface area contributed by atoms with Crippen molar-refractivity contribution in [2.45, 2.75) is 39.2 Å². The molecule has 0 N–H and O–H groups in total. The van der Waals surface area contributed by atoms with Crippen LogP contribution in [0.2, 0.25) is 0 Å². The number of benzene rings is 1. The molecule has 2 nitrogen and oxygen atoms in total. The second-order valence-corrected chi connectivity index (χ2v) is 4.57. The van der Waals surface area contributed by atoms with Crippen molar-refractivity contribution in [1.29, 1.82) is 0 Å². The van der Waals surface area contributed by atoms with E-state index in [-0.39, 0.29) is 6.10 Å². The van der Waals surface area contributed by atoms with E-state index in [1.54, 1.807) is 0 Å². The van der Waals surface area contributed by atoms with Gasteiger partial charge in [-0.3, -0.25) is 0 Å². The minimum Gasteiger partial charge on any atom is -0.491 e. The first kappa shape index (κ1) is 11.5. The van der Waals surface area contributed by atoms with E-state index in [4.69, 9.17) is 9.47 Å². The second kappa shape index (κ2) is 5.35. The number of ether oxygens (including phenoxy) is 2. The lowest BCUT2D eigenvalue weighted by Gasteiger charge is -2.23. The van der Waals surface area contributed by atoms with E-state index in [1.165, 1.54) is 24.0 Å². The Morgan fingerprint density at radius 1 is 1.31 bits per heavy atom. The minimum absolute atomic E-state index is 0.286. The van der Waals surface area contributed by atoms with Gasteiger partial charge in [-0.1, -0.05) is 12.1 Å². The van der Waals surface area contributed by atoms with E-state index in [0.29, 0.717) is 6.61 Å². The van der Waals surface area contributed by atoms with Crippen molar-refractivity contribution in [2.24, 2.45) is 0 Å². The SMILES string of the molecule is Cc1ccc(C)c(OCC2CCCCO2)c1. The van der Waals surface area contributed by atoms with Gasteiger partial charge in [0.25, 0.3) is 0 Å². The standard InChI is InChI=1S/C14H20O2/c1-11-6-7-12(2)14(9-11)16-10-13-5-3-4-8-15-13/h6-7,9,13H,3-5,8,10H2,1-2H3. The van der Waals surface area contributed by atoms with E-state index in [1.807, 2.05) is 0 Å². The number of hydrogen-bond donors (Lipinski definition) is 0. The normalized spacial score (nSPS) is 20.8. The highest BCUT2D eigenvalue weighted by Crippen LogP contribution is 2.21. The first-order chi connectivity index (χ1) is 7.75. The van der Waals surface area contributed by atoms with Crippen molar-refractivity contribution < 1.29 is 9.47 Å². The predicted molar refractivity (Wildman–Crippen MR) is 65.0 cm³/mol. The van der Waals surface area contributed by atoms with Gasteiger partial charge in [0.05, 0.1) is 6.10 Å². The van der Waals surface area contributed by atoms with Gasteiger partial charge in [0.15, 0.2) is 0 Å². The molecule has 0 aliphatic carbocycles. The molecule has 1 atom stereocenters. The molecular weight excluding hydrogens is 200 g/mol. The molecule has 0 amide bonds. The largest absolute Gasteiger partial charge is 0.491 e. The maximum Gasteiger partial charge on any atom is 0.122 e. The highest BCUT2D eigenvalue weighted by atomic mass is 16.5. The summed E-state index contributed by atoms with van der Waals surface area (Å²) in [6.45, 7) is 5.74. The molecule has 1 aromatic carbocycles. The van der Waals surface area contributed by atoms with Crippen molar-refractivity contribution in [1.82, 2.24) is 0 Å². The smallest absolute Gasteiger partial charge is 0.122 e. The molecule has 0 radical (unpaired) electrons. The van der Waals surface area contributed by atoms with Gasteiger partial charge in [-0.05, 0) is 50.3 Å². The van der Waals surface area contributed by atoms with Crippen molar-refractivity contribution in [2.75, 3.05) is 13.2 Å². The summed E-state index contributed by atoms with van der Waals surface area (Å²) in [6, 6.07) is 6.31. The van der Waals surface area contributed by atoms with Crippen LogP contribution in [0.5, 0.6) is 5.75 Å². The summed E-state index contributed by atoms with van der Waals surface area (Å²) >= 11 is 0. The third-order valence-corrected chi connectivity index (χ3v) is 3.04. The zero-order chi connectivity index (χ0) is 11.4. The average molecular weight is 220 g/mol. The van der Waals surface area contributed by atoms with E-state index in [0.717, 1.165) is 18.8 Å². The fraction of sp³-hybridized carbons (Fsp3) is 0.571. The molecule has 1 aliphatic heterocycles. The van der Waals surface area contributed by atoms with Crippen LogP contribution in [0.25, 0.3) is 0 Å². The summed E-state index contributed by atoms with van der Waals surface area (Å²) in [5, 5.41) is 0. The first-order valence-corrected chi connectivity index (χ1v) is 6.07. The summed E-state index contributed by atoms with van der Waals surface area (Å²) in [5.41, 5.74) is 2.44. The van der Waals surface area contributed by atoms with Gasteiger partial charge in [0.2, 0.25) is 0 Å². The summed E-state index contributed by atoms with van der Waals surface area (Å²) in [4.78, 5) is 0. The molecule has 1 aromatic rings. The van der Waals surface area contributed by atoms with Crippen LogP contribution >= 0.6 is 0 Å². The Bertz CT molecular complexity index is 341. The molecule has 88 valence electrons. The number of aryl methyl sites for hydroxylation is 2. The summed E-state index contributed by atoms with van der Waals surface area (Å²) in [5.74, 6) is 0.995. The molecule has 1 heterocycles. The Morgan fingerprint density at radius 3 is 2.94 bits per heavy atom. The van der Waals surface area contributed by atoms with Crippen LogP contribution in [0.1, 0.15) is 30.4 Å². The molecule has 0 bridgehead atoms. The van der Waals surface area contributed by atoms with E-state index >= 15 is 0 Å². The lowest BCUT2D eigenvalue weighted by Crippen LogP contribution is -2.25. The third kappa shape index (κ3) is 2.99. The lowest BCUT2D eigenvalue weighted by molar-refractivity contribution is -0.0112. The van der Waals surface area contributed by atoms with Gasteiger partial charge in [0, 0.05) is 6.61 Å². The Kier molecular flexibility index (Phi) is 3.83. The van der Waals surface area contributed by atoms with Crippen molar-refractivity contribution in [3.63, 3.8) is 0 Å². The molecular formula is C14H20O2. The van der Waals surface area contributed by atoms with Crippen LogP contribution in [0, 0.1) is 13.8 Å². The molecule has 2 heteroatoms. The fourth-order valence-corrected chi connectivity index (χ4v) is 1.98. The lowest BCUT2D eigenvalue weighted by atomic mass is 10.1. The monoisotopic (exact) mass is 220 g/mol. The fourth-order valence-electron chi connectivity index (χ4n) is 1.98. The van der Waals surface area contributed by atoms with Crippen LogP contribution in [-0.4, -0.2) is 19.3 Å². The maximum atomic E-state index is 5.83. The van der Waals surface area contributed by atoms with Gasteiger partial charge in [-0.15, -0.1) is 0 Å². The van der Waals surface area contributed by atoms with Crippen LogP contribution in [0.15, 0.2) is 18.2 Å². The van der Waals surface area contributed by atoms with Gasteiger partial charge in [-0.2, -0.15) is 0 Å². The Hall–Kier alpha value is -1.02. The second-order valence-electron chi connectivity index (χ2n) is 4.57. The zero-order valence-electron chi connectivity index (χ0n) is 10.2. The quantitative estimate of drug-likeness (QED) is 0.778. The van der Waals surface area contributed by atoms with Crippen LogP contribution in [0.4, 0.5) is 0 Å². The molecule has 0 aromatic heterocycles. The summed E-state index contributed by atoms with van der Waals surface area (Å²) in [7, 11) is 0. The molecule has 1 saturated heterocycles. The van der Waals surface area contributed by atoms with Crippen LogP contribution in [0.3, 0.4) is 0 Å². The predicted octanol–water partition coefficient (Wildman–Crippen LogP) is 3.25. The average Bonchev–Trinajstić information content (AvgIpc) is 2.32. The van der Waals surface area contributed by atoms with Gasteiger partial charge < -0.3 is 9.47 Å². The van der Waals surface area contributed by atoms with Crippen molar-refractivity contribution >= 4 is 0 Å². The number of hydrogen-bond acceptors (Lipinski definition) is 2. The Morgan fingerprint density at radius 2 is 2.19 bits per heavy atom. The third-order valence-electron chi connectivity index (χ3n) is 3.04. The van der Waals surface area contributed by atoms with Crippen molar-refractivity contribution in [3.05, 3.63) is 29.3 Å². The Balaban J connectivity index is 1.90. The zero-order valence-corrected chi connectivity index (χ0v) is 10.2. The highest BCUT2D eigenvalue weighted by Gasteiger charge is 2.14. The van der Waals surface area contributed by atoms with E-state index in [2.05, 4.69) is 32.0 Å². The number of rotatable bonds is 3. The Labute approximate surface area is 97.6 Å². The molecule has 2 rings (SSSR count). The van der Waals surface area contributed by atoms with Crippen LogP contribution in [-0.2, 0) is 4.74 Å². The summed E-state index contributed by atoms with van der Waals surface area (Å²) in [6.07, 6.45) is 3.87. The maximum absolute atomic E-state index is 5.83. The molecule has 1 unspecified atom stereocenters. The summed E-state index contributed by atoms with van der Waals surface area (Å²) < 4.78 is 11.5. The van der Waals surface area contributed by atoms with Crippen LogP contribution < -0.4 is 4.74 Å². The topological polar surface area (TPSA) is 18.5 Å². The molecule has 1 fully saturated rings. The van der Waals surface area contributed by atoms with Gasteiger partial charge >= 0.3 is 0 Å². The minimum atomic E-state index is 0.286. The molecule has 0 saturated carbocycles.